The van der Waals surface area contributed by atoms with Gasteiger partial charge in [0.1, 0.15) is 0 Å². The first-order valence-corrected chi connectivity index (χ1v) is 8.26. The molecule has 19 heavy (non-hydrogen) atoms. The van der Waals surface area contributed by atoms with Gasteiger partial charge in [-0.25, -0.2) is 0 Å². The first kappa shape index (κ1) is 14.3. The van der Waals surface area contributed by atoms with Gasteiger partial charge in [-0.05, 0) is 0 Å². The Kier molecular flexibility index (Phi) is 4.74. The van der Waals surface area contributed by atoms with E-state index in [0.29, 0.717) is 11.5 Å². The van der Waals surface area contributed by atoms with E-state index in [2.05, 4.69) is 37.4 Å². The fourth-order valence-corrected chi connectivity index (χ4v) is 2.91. The topological polar surface area (TPSA) is 9.23 Å². The second-order valence-corrected chi connectivity index (χ2v) is 7.00. The zero-order valence-electron chi connectivity index (χ0n) is 10.6. The SMILES string of the molecule is C=C(OC(=C)c1cccc([AsH2])c1)c1cccc([AsH2])c1. The molecule has 0 N–H and O–H groups in total. The van der Waals surface area contributed by atoms with E-state index in [4.69, 9.17) is 4.74 Å². The van der Waals surface area contributed by atoms with E-state index in [1.165, 1.54) is 8.70 Å². The van der Waals surface area contributed by atoms with Gasteiger partial charge in [0.05, 0.1) is 0 Å². The summed E-state index contributed by atoms with van der Waals surface area (Å²) in [6.07, 6.45) is 0. The van der Waals surface area contributed by atoms with Crippen LogP contribution in [0, 0.1) is 0 Å². The molecule has 0 saturated carbocycles. The first-order chi connectivity index (χ1) is 9.06. The molecular formula is C16H16As2O. The summed E-state index contributed by atoms with van der Waals surface area (Å²) in [4.78, 5) is 0. The van der Waals surface area contributed by atoms with E-state index in [1.54, 1.807) is 33.7 Å². The zero-order chi connectivity index (χ0) is 13.8. The van der Waals surface area contributed by atoms with Crippen molar-refractivity contribution >= 4 is 53.9 Å². The van der Waals surface area contributed by atoms with Crippen molar-refractivity contribution in [3.63, 3.8) is 0 Å². The van der Waals surface area contributed by atoms with Crippen LogP contribution in [0.15, 0.2) is 61.7 Å². The van der Waals surface area contributed by atoms with Crippen LogP contribution in [0.4, 0.5) is 0 Å². The maximum atomic E-state index is 5.76. The number of rotatable bonds is 4. The molecule has 2 rings (SSSR count). The van der Waals surface area contributed by atoms with Gasteiger partial charge in [0.25, 0.3) is 0 Å². The fourth-order valence-electron chi connectivity index (χ4n) is 1.69. The summed E-state index contributed by atoms with van der Waals surface area (Å²) < 4.78 is 8.25. The quantitative estimate of drug-likeness (QED) is 0.570. The molecule has 0 saturated heterocycles. The van der Waals surface area contributed by atoms with Gasteiger partial charge < -0.3 is 0 Å². The maximum absolute atomic E-state index is 5.76. The molecule has 0 aliphatic rings. The normalized spacial score (nSPS) is 10.0. The van der Waals surface area contributed by atoms with Crippen molar-refractivity contribution in [2.24, 2.45) is 0 Å². The molecule has 0 bridgehead atoms. The second-order valence-electron chi connectivity index (χ2n) is 4.20. The number of hydrogen-bond donors (Lipinski definition) is 0. The Morgan fingerprint density at radius 1 is 0.789 bits per heavy atom. The Hall–Kier alpha value is -1.16. The molecule has 0 heterocycles. The summed E-state index contributed by atoms with van der Waals surface area (Å²) in [6, 6.07) is 16.3. The van der Waals surface area contributed by atoms with Gasteiger partial charge in [-0.2, -0.15) is 0 Å². The third kappa shape index (κ3) is 3.90. The average Bonchev–Trinajstić information content (AvgIpc) is 2.38. The molecule has 0 aromatic heterocycles. The molecule has 2 atom stereocenters. The van der Waals surface area contributed by atoms with E-state index in [-0.39, 0.29) is 0 Å². The van der Waals surface area contributed by atoms with Crippen LogP contribution >= 0.6 is 0 Å². The number of hydrogen-bond acceptors (Lipinski definition) is 1. The van der Waals surface area contributed by atoms with E-state index < -0.39 is 0 Å². The van der Waals surface area contributed by atoms with Gasteiger partial charge in [0, 0.05) is 0 Å². The molecular weight excluding hydrogens is 358 g/mol. The standard InChI is InChI=1S/C16H16As2O/c1-11(13-5-3-7-15(17)9-13)19-12(2)14-6-4-8-16(18)10-14/h3-10H,1-2,17-18H2. The fraction of sp³-hybridized carbons (Fsp3) is 0. The summed E-state index contributed by atoms with van der Waals surface area (Å²) in [5.74, 6) is 1.27. The zero-order valence-corrected chi connectivity index (χ0v) is 15.4. The summed E-state index contributed by atoms with van der Waals surface area (Å²) in [5.41, 5.74) is 2.00. The Balaban J connectivity index is 2.13. The Labute approximate surface area is 131 Å². The minimum absolute atomic E-state index is 0.636. The molecule has 1 nitrogen and oxygen atoms in total. The molecule has 3 heteroatoms. The molecule has 2 aromatic rings. The van der Waals surface area contributed by atoms with Crippen LogP contribution < -0.4 is 8.70 Å². The molecule has 96 valence electrons. The van der Waals surface area contributed by atoms with Crippen LogP contribution in [-0.2, 0) is 4.74 Å². The third-order valence-electron chi connectivity index (χ3n) is 2.66. The summed E-state index contributed by atoms with van der Waals surface area (Å²) >= 11 is 3.18. The summed E-state index contributed by atoms with van der Waals surface area (Å²) in [6.45, 7) is 7.96. The van der Waals surface area contributed by atoms with Crippen molar-refractivity contribution in [1.29, 1.82) is 0 Å². The molecule has 0 aliphatic heterocycles. The van der Waals surface area contributed by atoms with E-state index in [9.17, 15) is 0 Å². The van der Waals surface area contributed by atoms with Crippen LogP contribution in [0.25, 0.3) is 11.5 Å². The second kappa shape index (κ2) is 6.33. The van der Waals surface area contributed by atoms with Gasteiger partial charge in [-0.15, -0.1) is 0 Å². The van der Waals surface area contributed by atoms with E-state index >= 15 is 0 Å². The Morgan fingerprint density at radius 2 is 1.21 bits per heavy atom. The van der Waals surface area contributed by atoms with Crippen LogP contribution in [0.2, 0.25) is 0 Å². The Morgan fingerprint density at radius 3 is 1.58 bits per heavy atom. The van der Waals surface area contributed by atoms with Crippen molar-refractivity contribution in [2.45, 2.75) is 0 Å². The van der Waals surface area contributed by atoms with E-state index in [1.807, 2.05) is 24.3 Å². The molecule has 0 radical (unpaired) electrons. The van der Waals surface area contributed by atoms with Gasteiger partial charge in [0.2, 0.25) is 0 Å². The number of ether oxygens (including phenoxy) is 1. The molecule has 0 amide bonds. The predicted molar refractivity (Wildman–Crippen MR) is 88.4 cm³/mol. The van der Waals surface area contributed by atoms with Crippen molar-refractivity contribution in [3.05, 3.63) is 72.8 Å². The third-order valence-corrected chi connectivity index (χ3v) is 4.17. The average molecular weight is 374 g/mol. The van der Waals surface area contributed by atoms with Gasteiger partial charge in [0.15, 0.2) is 0 Å². The van der Waals surface area contributed by atoms with Gasteiger partial charge in [-0.3, -0.25) is 0 Å². The monoisotopic (exact) mass is 374 g/mol. The molecule has 0 spiro atoms. The summed E-state index contributed by atoms with van der Waals surface area (Å²) in [7, 11) is 0. The van der Waals surface area contributed by atoms with Crippen LogP contribution in [0.1, 0.15) is 11.1 Å². The molecule has 0 aliphatic carbocycles. The van der Waals surface area contributed by atoms with Crippen molar-refractivity contribution in [2.75, 3.05) is 0 Å². The van der Waals surface area contributed by atoms with Gasteiger partial charge in [-0.1, -0.05) is 0 Å². The van der Waals surface area contributed by atoms with Crippen molar-refractivity contribution < 1.29 is 4.74 Å². The first-order valence-electron chi connectivity index (χ1n) is 5.84. The van der Waals surface area contributed by atoms with Crippen LogP contribution in [0.5, 0.6) is 0 Å². The predicted octanol–water partition coefficient (Wildman–Crippen LogP) is 0.862. The van der Waals surface area contributed by atoms with Crippen LogP contribution in [0.3, 0.4) is 0 Å². The van der Waals surface area contributed by atoms with E-state index in [0.717, 1.165) is 11.1 Å². The van der Waals surface area contributed by atoms with Crippen LogP contribution in [-0.4, -0.2) is 33.7 Å². The van der Waals surface area contributed by atoms with Crippen molar-refractivity contribution in [1.82, 2.24) is 0 Å². The Bertz CT molecular complexity index is 577. The number of benzene rings is 2. The molecule has 2 aromatic carbocycles. The minimum atomic E-state index is 0.636. The van der Waals surface area contributed by atoms with Crippen molar-refractivity contribution in [3.8, 4) is 0 Å². The molecule has 0 fully saturated rings. The van der Waals surface area contributed by atoms with Gasteiger partial charge >= 0.3 is 131 Å². The molecule has 2 unspecified atom stereocenters. The summed E-state index contributed by atoms with van der Waals surface area (Å²) in [5, 5.41) is 0.